The number of benzene rings is 1. The molecular formula is C17H14FN5O3S2. The molecule has 0 amide bonds. The van der Waals surface area contributed by atoms with E-state index in [2.05, 4.69) is 24.9 Å². The number of aromatic nitrogens is 4. The molecule has 1 N–H and O–H groups in total. The zero-order chi connectivity index (χ0) is 19.7. The Morgan fingerprint density at radius 1 is 1.21 bits per heavy atom. The summed E-state index contributed by atoms with van der Waals surface area (Å²) >= 11 is 1.49. The lowest BCUT2D eigenvalue weighted by Gasteiger charge is -2.00. The first-order valence-electron chi connectivity index (χ1n) is 8.22. The molecule has 0 bridgehead atoms. The van der Waals surface area contributed by atoms with Crippen molar-refractivity contribution >= 4 is 32.4 Å². The van der Waals surface area contributed by atoms with Crippen molar-refractivity contribution in [3.05, 3.63) is 59.3 Å². The molecule has 28 heavy (non-hydrogen) atoms. The SMILES string of the molecule is CC(c1nnc(CN[SH](=O)=O)o1)c1nc2ccc(-c3ccc(F)nc3)cc2s1. The van der Waals surface area contributed by atoms with Gasteiger partial charge in [-0.2, -0.15) is 4.39 Å². The van der Waals surface area contributed by atoms with Crippen LogP contribution in [0.1, 0.15) is 29.6 Å². The molecule has 4 rings (SSSR count). The second-order valence-corrected chi connectivity index (χ2v) is 7.84. The van der Waals surface area contributed by atoms with Crippen molar-refractivity contribution in [2.45, 2.75) is 19.4 Å². The smallest absolute Gasteiger partial charge is 0.231 e. The van der Waals surface area contributed by atoms with E-state index in [9.17, 15) is 12.8 Å². The van der Waals surface area contributed by atoms with Gasteiger partial charge < -0.3 is 4.42 Å². The average molecular weight is 419 g/mol. The van der Waals surface area contributed by atoms with Gasteiger partial charge in [-0.05, 0) is 36.8 Å². The van der Waals surface area contributed by atoms with Crippen LogP contribution < -0.4 is 4.72 Å². The van der Waals surface area contributed by atoms with Gasteiger partial charge in [0, 0.05) is 11.8 Å². The molecule has 8 nitrogen and oxygen atoms in total. The number of halogens is 1. The third-order valence-electron chi connectivity index (χ3n) is 4.05. The van der Waals surface area contributed by atoms with Gasteiger partial charge in [0.2, 0.25) is 28.6 Å². The molecule has 144 valence electrons. The first-order valence-corrected chi connectivity index (χ1v) is 10.2. The maximum absolute atomic E-state index is 13.0. The molecule has 0 aliphatic carbocycles. The number of pyridine rings is 1. The summed E-state index contributed by atoms with van der Waals surface area (Å²) in [5.74, 6) is -0.209. The van der Waals surface area contributed by atoms with Crippen LogP contribution in [0.25, 0.3) is 21.3 Å². The highest BCUT2D eigenvalue weighted by Gasteiger charge is 2.20. The largest absolute Gasteiger partial charge is 0.423 e. The minimum atomic E-state index is -2.73. The van der Waals surface area contributed by atoms with E-state index in [-0.39, 0.29) is 18.4 Å². The first kappa shape index (κ1) is 18.6. The summed E-state index contributed by atoms with van der Waals surface area (Å²) in [6.45, 7) is 1.84. The Hall–Kier alpha value is -2.76. The fourth-order valence-corrected chi connectivity index (χ4v) is 3.92. The maximum Gasteiger partial charge on any atom is 0.231 e. The molecule has 11 heteroatoms. The highest BCUT2D eigenvalue weighted by molar-refractivity contribution is 7.70. The lowest BCUT2D eigenvalue weighted by molar-refractivity contribution is 0.434. The van der Waals surface area contributed by atoms with Gasteiger partial charge in [0.1, 0.15) is 5.01 Å². The minimum absolute atomic E-state index is 0.0483. The molecule has 0 aliphatic heterocycles. The van der Waals surface area contributed by atoms with Crippen molar-refractivity contribution in [3.63, 3.8) is 0 Å². The highest BCUT2D eigenvalue weighted by Crippen LogP contribution is 2.33. The van der Waals surface area contributed by atoms with Crippen LogP contribution in [-0.4, -0.2) is 28.6 Å². The molecule has 0 aliphatic rings. The molecular weight excluding hydrogens is 405 g/mol. The Morgan fingerprint density at radius 2 is 2.04 bits per heavy atom. The van der Waals surface area contributed by atoms with Crippen molar-refractivity contribution in [1.82, 2.24) is 24.9 Å². The normalized spacial score (nSPS) is 12.7. The molecule has 3 heterocycles. The van der Waals surface area contributed by atoms with E-state index in [1.54, 1.807) is 6.07 Å². The Bertz CT molecular complexity index is 1200. The van der Waals surface area contributed by atoms with Crippen LogP contribution in [0, 0.1) is 5.95 Å². The number of rotatable bonds is 6. The molecule has 0 saturated heterocycles. The summed E-state index contributed by atoms with van der Waals surface area (Å²) in [6, 6.07) is 8.79. The van der Waals surface area contributed by atoms with Crippen LogP contribution in [0.3, 0.4) is 0 Å². The van der Waals surface area contributed by atoms with Gasteiger partial charge in [-0.1, -0.05) is 6.07 Å². The Balaban J connectivity index is 1.59. The monoisotopic (exact) mass is 419 g/mol. The Kier molecular flexibility index (Phi) is 5.11. The third-order valence-corrected chi connectivity index (χ3v) is 5.67. The van der Waals surface area contributed by atoms with E-state index >= 15 is 0 Å². The fourth-order valence-electron chi connectivity index (χ4n) is 2.60. The number of hydrogen-bond donors (Lipinski definition) is 2. The van der Waals surface area contributed by atoms with Gasteiger partial charge in [0.15, 0.2) is 0 Å². The van der Waals surface area contributed by atoms with Crippen LogP contribution in [0.4, 0.5) is 4.39 Å². The van der Waals surface area contributed by atoms with Crippen molar-refractivity contribution in [2.24, 2.45) is 0 Å². The summed E-state index contributed by atoms with van der Waals surface area (Å²) < 4.78 is 42.9. The van der Waals surface area contributed by atoms with E-state index in [0.29, 0.717) is 5.89 Å². The second kappa shape index (κ2) is 7.70. The predicted octanol–water partition coefficient (Wildman–Crippen LogP) is 2.65. The number of thiol groups is 1. The molecule has 1 aromatic carbocycles. The van der Waals surface area contributed by atoms with E-state index in [4.69, 9.17) is 4.42 Å². The van der Waals surface area contributed by atoms with Gasteiger partial charge in [-0.25, -0.2) is 23.1 Å². The standard InChI is InChI=1S/C17H14FN5O3S2/c1-9(16-23-22-15(26-16)8-20-28(24)25)17-21-12-4-2-10(6-13(12)27-17)11-3-5-14(18)19-7-11/h2-7,9,28H,8H2,1H3,(H,20,24,25). The van der Waals surface area contributed by atoms with Crippen molar-refractivity contribution in [2.75, 3.05) is 0 Å². The van der Waals surface area contributed by atoms with Gasteiger partial charge in [0.25, 0.3) is 0 Å². The van der Waals surface area contributed by atoms with Crippen LogP contribution in [0.5, 0.6) is 0 Å². The molecule has 0 fully saturated rings. The number of nitrogens with zero attached hydrogens (tertiary/aromatic N) is 4. The average Bonchev–Trinajstić information content (AvgIpc) is 3.33. The maximum atomic E-state index is 13.0. The Morgan fingerprint density at radius 3 is 2.79 bits per heavy atom. The summed E-state index contributed by atoms with van der Waals surface area (Å²) in [6.07, 6.45) is 1.49. The lowest BCUT2D eigenvalue weighted by atomic mass is 10.1. The molecule has 1 atom stereocenters. The molecule has 3 aromatic heterocycles. The van der Waals surface area contributed by atoms with Gasteiger partial charge in [-0.15, -0.1) is 21.5 Å². The molecule has 4 aromatic rings. The summed E-state index contributed by atoms with van der Waals surface area (Å²) in [5, 5.41) is 8.62. The van der Waals surface area contributed by atoms with E-state index in [1.165, 1.54) is 23.6 Å². The van der Waals surface area contributed by atoms with E-state index < -0.39 is 16.8 Å². The number of thiazole rings is 1. The molecule has 0 saturated carbocycles. The van der Waals surface area contributed by atoms with Crippen LogP contribution in [0.15, 0.2) is 40.9 Å². The Labute approximate surface area is 164 Å². The molecule has 0 spiro atoms. The minimum Gasteiger partial charge on any atom is -0.423 e. The molecule has 0 radical (unpaired) electrons. The van der Waals surface area contributed by atoms with E-state index in [0.717, 1.165) is 26.4 Å². The number of hydrogen-bond acceptors (Lipinski definition) is 8. The van der Waals surface area contributed by atoms with Crippen LogP contribution in [-0.2, 0) is 17.4 Å². The number of nitrogens with one attached hydrogen (secondary N) is 1. The topological polar surface area (TPSA) is 111 Å². The van der Waals surface area contributed by atoms with Crippen LogP contribution in [0.2, 0.25) is 0 Å². The second-order valence-electron chi connectivity index (χ2n) is 5.95. The highest BCUT2D eigenvalue weighted by atomic mass is 32.2. The summed E-state index contributed by atoms with van der Waals surface area (Å²) in [4.78, 5) is 8.31. The summed E-state index contributed by atoms with van der Waals surface area (Å²) in [7, 11) is -2.73. The van der Waals surface area contributed by atoms with Gasteiger partial charge in [0.05, 0.1) is 22.7 Å². The van der Waals surface area contributed by atoms with Gasteiger partial charge in [-0.3, -0.25) is 0 Å². The first-order chi connectivity index (χ1) is 13.5. The zero-order valence-corrected chi connectivity index (χ0v) is 16.2. The quantitative estimate of drug-likeness (QED) is 0.365. The lowest BCUT2D eigenvalue weighted by Crippen LogP contribution is -2.10. The van der Waals surface area contributed by atoms with Gasteiger partial charge >= 0.3 is 0 Å². The predicted molar refractivity (Wildman–Crippen MR) is 102 cm³/mol. The summed E-state index contributed by atoms with van der Waals surface area (Å²) in [5.41, 5.74) is 2.56. The van der Waals surface area contributed by atoms with Crippen molar-refractivity contribution in [1.29, 1.82) is 0 Å². The van der Waals surface area contributed by atoms with Crippen LogP contribution >= 0.6 is 11.3 Å². The zero-order valence-electron chi connectivity index (χ0n) is 14.5. The number of fused-ring (bicyclic) bond motifs is 1. The fraction of sp³-hybridized carbons (Fsp3) is 0.176. The third kappa shape index (κ3) is 3.91. The molecule has 1 unspecified atom stereocenters. The van der Waals surface area contributed by atoms with E-state index in [1.807, 2.05) is 25.1 Å². The van der Waals surface area contributed by atoms with Crippen molar-refractivity contribution in [3.8, 4) is 11.1 Å². The van der Waals surface area contributed by atoms with Crippen molar-refractivity contribution < 1.29 is 17.2 Å².